The molecule has 0 amide bonds. The smallest absolute Gasteiger partial charge is 0.341 e. The number of aromatic carboxylic acids is 1. The second-order valence-electron chi connectivity index (χ2n) is 5.51. The van der Waals surface area contributed by atoms with Crippen molar-refractivity contribution in [2.45, 2.75) is 13.5 Å². The maximum atomic E-state index is 12.4. The van der Waals surface area contributed by atoms with Crippen molar-refractivity contribution in [1.82, 2.24) is 9.55 Å². The SMILES string of the molecule is CCn1cc(C(=O)O)c(=O)c2cc3c(nc21)N(C)CCN3C. The Balaban J connectivity index is 2.41. The molecule has 1 aliphatic rings. The van der Waals surface area contributed by atoms with Crippen molar-refractivity contribution in [2.24, 2.45) is 0 Å². The van der Waals surface area contributed by atoms with Crippen LogP contribution in [0.5, 0.6) is 0 Å². The Morgan fingerprint density at radius 1 is 1.32 bits per heavy atom. The van der Waals surface area contributed by atoms with Crippen LogP contribution < -0.4 is 15.2 Å². The first-order valence-electron chi connectivity index (χ1n) is 7.17. The zero-order chi connectivity index (χ0) is 16.0. The molecule has 2 aromatic rings. The van der Waals surface area contributed by atoms with E-state index in [1.807, 2.05) is 30.8 Å². The van der Waals surface area contributed by atoms with Crippen LogP contribution in [0.3, 0.4) is 0 Å². The summed E-state index contributed by atoms with van der Waals surface area (Å²) >= 11 is 0. The summed E-state index contributed by atoms with van der Waals surface area (Å²) in [5, 5.41) is 9.57. The molecule has 22 heavy (non-hydrogen) atoms. The van der Waals surface area contributed by atoms with E-state index in [2.05, 4.69) is 4.98 Å². The van der Waals surface area contributed by atoms with Gasteiger partial charge in [-0.3, -0.25) is 4.79 Å². The van der Waals surface area contributed by atoms with Crippen LogP contribution in [-0.4, -0.2) is 47.8 Å². The summed E-state index contributed by atoms with van der Waals surface area (Å²) in [6.07, 6.45) is 1.37. The number of carbonyl (C=O) groups is 1. The van der Waals surface area contributed by atoms with Crippen molar-refractivity contribution in [1.29, 1.82) is 0 Å². The third-order valence-electron chi connectivity index (χ3n) is 4.12. The molecule has 0 aromatic carbocycles. The molecule has 0 saturated heterocycles. The maximum absolute atomic E-state index is 12.4. The lowest BCUT2D eigenvalue weighted by Crippen LogP contribution is -2.37. The number of carboxylic acid groups (broad SMARTS) is 1. The summed E-state index contributed by atoms with van der Waals surface area (Å²) in [4.78, 5) is 32.4. The van der Waals surface area contributed by atoms with E-state index in [9.17, 15) is 14.7 Å². The van der Waals surface area contributed by atoms with E-state index in [4.69, 9.17) is 0 Å². The molecule has 0 unspecified atom stereocenters. The van der Waals surface area contributed by atoms with E-state index in [0.717, 1.165) is 24.6 Å². The van der Waals surface area contributed by atoms with Gasteiger partial charge in [0.05, 0.1) is 11.1 Å². The molecule has 0 spiro atoms. The van der Waals surface area contributed by atoms with Gasteiger partial charge in [0.2, 0.25) is 5.43 Å². The first-order valence-corrected chi connectivity index (χ1v) is 7.17. The molecule has 0 bridgehead atoms. The Bertz CT molecular complexity index is 828. The third-order valence-corrected chi connectivity index (χ3v) is 4.12. The molecular weight excluding hydrogens is 284 g/mol. The van der Waals surface area contributed by atoms with Crippen molar-refractivity contribution in [3.63, 3.8) is 0 Å². The van der Waals surface area contributed by atoms with E-state index in [-0.39, 0.29) is 5.56 Å². The largest absolute Gasteiger partial charge is 0.477 e. The number of pyridine rings is 2. The highest BCUT2D eigenvalue weighted by Gasteiger charge is 2.23. The molecule has 0 atom stereocenters. The lowest BCUT2D eigenvalue weighted by Gasteiger charge is -2.33. The molecule has 1 aliphatic heterocycles. The zero-order valence-electron chi connectivity index (χ0n) is 12.8. The first kappa shape index (κ1) is 14.4. The number of fused-ring (bicyclic) bond motifs is 2. The van der Waals surface area contributed by atoms with Gasteiger partial charge in [0.25, 0.3) is 0 Å². The topological polar surface area (TPSA) is 78.7 Å². The van der Waals surface area contributed by atoms with Gasteiger partial charge in [-0.25, -0.2) is 9.78 Å². The molecule has 2 aromatic heterocycles. The summed E-state index contributed by atoms with van der Waals surface area (Å²) in [5.74, 6) is -0.400. The summed E-state index contributed by atoms with van der Waals surface area (Å²) in [6, 6.07) is 1.76. The Morgan fingerprint density at radius 3 is 2.64 bits per heavy atom. The minimum absolute atomic E-state index is 0.220. The fraction of sp³-hybridized carbons (Fsp3) is 0.400. The molecule has 0 radical (unpaired) electrons. The number of nitrogens with zero attached hydrogens (tertiary/aromatic N) is 4. The molecular formula is C15H18N4O3. The van der Waals surface area contributed by atoms with Crippen molar-refractivity contribution >= 4 is 28.5 Å². The lowest BCUT2D eigenvalue weighted by molar-refractivity contribution is 0.0695. The van der Waals surface area contributed by atoms with Gasteiger partial charge in [-0.05, 0) is 13.0 Å². The van der Waals surface area contributed by atoms with Crippen LogP contribution in [0.4, 0.5) is 11.5 Å². The Hall–Kier alpha value is -2.57. The predicted octanol–water partition coefficient (Wildman–Crippen LogP) is 1.00. The average molecular weight is 302 g/mol. The van der Waals surface area contributed by atoms with Crippen LogP contribution in [0.2, 0.25) is 0 Å². The number of aromatic nitrogens is 2. The Kier molecular flexibility index (Phi) is 3.27. The van der Waals surface area contributed by atoms with Gasteiger partial charge in [0.1, 0.15) is 11.2 Å². The minimum Gasteiger partial charge on any atom is -0.477 e. The molecule has 3 rings (SSSR count). The molecule has 116 valence electrons. The van der Waals surface area contributed by atoms with Crippen molar-refractivity contribution < 1.29 is 9.90 Å². The molecule has 0 saturated carbocycles. The summed E-state index contributed by atoms with van der Waals surface area (Å²) in [5.41, 5.74) is 0.675. The van der Waals surface area contributed by atoms with E-state index in [0.29, 0.717) is 17.6 Å². The van der Waals surface area contributed by atoms with Crippen molar-refractivity contribution in [3.05, 3.63) is 28.0 Å². The van der Waals surface area contributed by atoms with Crippen molar-refractivity contribution in [2.75, 3.05) is 37.0 Å². The van der Waals surface area contributed by atoms with Gasteiger partial charge in [-0.2, -0.15) is 0 Å². The fourth-order valence-electron chi connectivity index (χ4n) is 2.77. The van der Waals surface area contributed by atoms with E-state index in [1.165, 1.54) is 6.20 Å². The van der Waals surface area contributed by atoms with Gasteiger partial charge >= 0.3 is 5.97 Å². The van der Waals surface area contributed by atoms with E-state index >= 15 is 0 Å². The standard InChI is InChI=1S/C15H18N4O3/c1-4-19-8-10(15(21)22)12(20)9-7-11-14(16-13(9)19)18(3)6-5-17(11)2/h7-8H,4-6H2,1-3H3,(H,21,22). The van der Waals surface area contributed by atoms with Crippen LogP contribution in [0.15, 0.2) is 17.1 Å². The number of carboxylic acids is 1. The first-order chi connectivity index (χ1) is 10.4. The lowest BCUT2D eigenvalue weighted by atomic mass is 10.1. The van der Waals surface area contributed by atoms with Gasteiger partial charge < -0.3 is 19.5 Å². The van der Waals surface area contributed by atoms with Gasteiger partial charge in [-0.1, -0.05) is 0 Å². The van der Waals surface area contributed by atoms with Crippen LogP contribution >= 0.6 is 0 Å². The Labute approximate surface area is 127 Å². The number of hydrogen-bond acceptors (Lipinski definition) is 5. The average Bonchev–Trinajstić information content (AvgIpc) is 2.50. The monoisotopic (exact) mass is 302 g/mol. The third kappa shape index (κ3) is 2.01. The maximum Gasteiger partial charge on any atom is 0.341 e. The highest BCUT2D eigenvalue weighted by molar-refractivity contribution is 5.94. The molecule has 3 heterocycles. The summed E-state index contributed by atoms with van der Waals surface area (Å²) in [6.45, 7) is 4.12. The predicted molar refractivity (Wildman–Crippen MR) is 85.2 cm³/mol. The number of hydrogen-bond donors (Lipinski definition) is 1. The molecule has 1 N–H and O–H groups in total. The number of likely N-dealkylation sites (N-methyl/N-ethyl adjacent to an activating group) is 2. The van der Waals surface area contributed by atoms with Crippen LogP contribution in [-0.2, 0) is 6.54 Å². The molecule has 7 nitrogen and oxygen atoms in total. The summed E-state index contributed by atoms with van der Waals surface area (Å²) in [7, 11) is 3.91. The minimum atomic E-state index is -1.21. The molecule has 0 aliphatic carbocycles. The molecule has 0 fully saturated rings. The second kappa shape index (κ2) is 5.01. The van der Waals surface area contributed by atoms with Crippen LogP contribution in [0.25, 0.3) is 11.0 Å². The zero-order valence-corrected chi connectivity index (χ0v) is 12.8. The highest BCUT2D eigenvalue weighted by atomic mass is 16.4. The number of anilines is 2. The second-order valence-corrected chi connectivity index (χ2v) is 5.51. The number of aryl methyl sites for hydroxylation is 1. The molecule has 7 heteroatoms. The quantitative estimate of drug-likeness (QED) is 0.891. The summed E-state index contributed by atoms with van der Waals surface area (Å²) < 4.78 is 1.71. The Morgan fingerprint density at radius 2 is 2.00 bits per heavy atom. The number of rotatable bonds is 2. The highest BCUT2D eigenvalue weighted by Crippen LogP contribution is 2.31. The van der Waals surface area contributed by atoms with Crippen LogP contribution in [0.1, 0.15) is 17.3 Å². The van der Waals surface area contributed by atoms with E-state index < -0.39 is 11.4 Å². The normalized spacial score (nSPS) is 14.3. The fourth-order valence-corrected chi connectivity index (χ4v) is 2.77. The van der Waals surface area contributed by atoms with Crippen LogP contribution in [0, 0.1) is 0 Å². The van der Waals surface area contributed by atoms with Gasteiger partial charge in [0.15, 0.2) is 5.82 Å². The van der Waals surface area contributed by atoms with Crippen molar-refractivity contribution in [3.8, 4) is 0 Å². The van der Waals surface area contributed by atoms with Gasteiger partial charge in [-0.15, -0.1) is 0 Å². The van der Waals surface area contributed by atoms with Gasteiger partial charge in [0, 0.05) is 39.9 Å². The van der Waals surface area contributed by atoms with E-state index in [1.54, 1.807) is 10.6 Å².